The Labute approximate surface area is 118 Å². The molecule has 1 heterocycles. The highest BCUT2D eigenvalue weighted by Crippen LogP contribution is 2.00. The van der Waals surface area contributed by atoms with E-state index in [4.69, 9.17) is 5.11 Å². The number of aliphatic carboxylic acids is 1. The van der Waals surface area contributed by atoms with E-state index < -0.39 is 5.97 Å². The van der Waals surface area contributed by atoms with Gasteiger partial charge in [0.2, 0.25) is 0 Å². The molecule has 1 aromatic heterocycles. The van der Waals surface area contributed by atoms with Gasteiger partial charge < -0.3 is 15.3 Å². The average molecular weight is 279 g/mol. The van der Waals surface area contributed by atoms with Gasteiger partial charge in [0.1, 0.15) is 0 Å². The molecule has 6 nitrogen and oxygen atoms in total. The summed E-state index contributed by atoms with van der Waals surface area (Å²) in [4.78, 5) is 28.1. The molecule has 110 valence electrons. The number of likely N-dealkylation sites (N-methyl/N-ethyl adjacent to an activating group) is 1. The monoisotopic (exact) mass is 279 g/mol. The molecular formula is C14H21N3O3. The molecule has 0 bridgehead atoms. The molecule has 0 radical (unpaired) electrons. The minimum atomic E-state index is -0.852. The summed E-state index contributed by atoms with van der Waals surface area (Å²) in [5, 5.41) is 11.4. The third-order valence-corrected chi connectivity index (χ3v) is 2.94. The lowest BCUT2D eigenvalue weighted by molar-refractivity contribution is -0.137. The SMILES string of the molecule is CC(CCC(=O)O)NC(=O)N(C)CCc1ccccn1. The van der Waals surface area contributed by atoms with Gasteiger partial charge in [0, 0.05) is 44.4 Å². The van der Waals surface area contributed by atoms with Gasteiger partial charge in [-0.05, 0) is 25.5 Å². The fraction of sp³-hybridized carbons (Fsp3) is 0.500. The van der Waals surface area contributed by atoms with E-state index in [0.29, 0.717) is 19.4 Å². The molecule has 0 aromatic carbocycles. The third-order valence-electron chi connectivity index (χ3n) is 2.94. The first-order valence-electron chi connectivity index (χ1n) is 6.62. The van der Waals surface area contributed by atoms with Crippen LogP contribution in [0.3, 0.4) is 0 Å². The van der Waals surface area contributed by atoms with E-state index in [-0.39, 0.29) is 18.5 Å². The molecule has 20 heavy (non-hydrogen) atoms. The van der Waals surface area contributed by atoms with Gasteiger partial charge in [0.05, 0.1) is 0 Å². The van der Waals surface area contributed by atoms with Crippen LogP contribution < -0.4 is 5.32 Å². The van der Waals surface area contributed by atoms with Gasteiger partial charge in [-0.1, -0.05) is 6.07 Å². The number of carbonyl (C=O) groups excluding carboxylic acids is 1. The van der Waals surface area contributed by atoms with E-state index in [1.54, 1.807) is 25.1 Å². The summed E-state index contributed by atoms with van der Waals surface area (Å²) in [7, 11) is 1.71. The Morgan fingerprint density at radius 2 is 2.20 bits per heavy atom. The predicted molar refractivity (Wildman–Crippen MR) is 75.4 cm³/mol. The van der Waals surface area contributed by atoms with Gasteiger partial charge in [-0.25, -0.2) is 4.79 Å². The van der Waals surface area contributed by atoms with Gasteiger partial charge in [-0.15, -0.1) is 0 Å². The van der Waals surface area contributed by atoms with Crippen LogP contribution in [0.5, 0.6) is 0 Å². The summed E-state index contributed by atoms with van der Waals surface area (Å²) in [5.41, 5.74) is 0.936. The lowest BCUT2D eigenvalue weighted by Crippen LogP contribution is -2.42. The van der Waals surface area contributed by atoms with Crippen LogP contribution in [0.25, 0.3) is 0 Å². The molecule has 0 saturated heterocycles. The molecule has 0 aliphatic rings. The fourth-order valence-corrected chi connectivity index (χ4v) is 1.66. The third kappa shape index (κ3) is 6.17. The van der Waals surface area contributed by atoms with Crippen LogP contribution in [-0.4, -0.2) is 46.6 Å². The van der Waals surface area contributed by atoms with Gasteiger partial charge in [0.15, 0.2) is 0 Å². The number of nitrogens with zero attached hydrogens (tertiary/aromatic N) is 2. The number of rotatable bonds is 7. The highest BCUT2D eigenvalue weighted by Gasteiger charge is 2.12. The molecule has 2 N–H and O–H groups in total. The summed E-state index contributed by atoms with van der Waals surface area (Å²) < 4.78 is 0. The van der Waals surface area contributed by atoms with E-state index in [1.165, 1.54) is 0 Å². The molecule has 0 fully saturated rings. The van der Waals surface area contributed by atoms with E-state index in [9.17, 15) is 9.59 Å². The van der Waals surface area contributed by atoms with Crippen LogP contribution in [-0.2, 0) is 11.2 Å². The molecule has 0 spiro atoms. The number of hydrogen-bond acceptors (Lipinski definition) is 3. The normalized spacial score (nSPS) is 11.7. The zero-order valence-electron chi connectivity index (χ0n) is 11.9. The second-order valence-electron chi connectivity index (χ2n) is 4.78. The molecule has 1 atom stereocenters. The number of amides is 2. The van der Waals surface area contributed by atoms with Crippen molar-refractivity contribution in [3.05, 3.63) is 30.1 Å². The molecule has 1 aromatic rings. The second-order valence-corrected chi connectivity index (χ2v) is 4.78. The average Bonchev–Trinajstić information content (AvgIpc) is 2.43. The number of urea groups is 1. The van der Waals surface area contributed by atoms with Crippen molar-refractivity contribution >= 4 is 12.0 Å². The highest BCUT2D eigenvalue weighted by atomic mass is 16.4. The first-order chi connectivity index (χ1) is 9.49. The molecular weight excluding hydrogens is 258 g/mol. The van der Waals surface area contributed by atoms with Crippen molar-refractivity contribution < 1.29 is 14.7 Å². The van der Waals surface area contributed by atoms with Crippen LogP contribution in [0, 0.1) is 0 Å². The number of hydrogen-bond donors (Lipinski definition) is 2. The topological polar surface area (TPSA) is 82.5 Å². The Bertz CT molecular complexity index is 437. The standard InChI is InChI=1S/C14H21N3O3/c1-11(6-7-13(18)19)16-14(20)17(2)10-8-12-5-3-4-9-15-12/h3-5,9,11H,6-8,10H2,1-2H3,(H,16,20)(H,18,19). The van der Waals surface area contributed by atoms with E-state index >= 15 is 0 Å². The zero-order valence-corrected chi connectivity index (χ0v) is 11.9. The quantitative estimate of drug-likeness (QED) is 0.792. The lowest BCUT2D eigenvalue weighted by atomic mass is 10.2. The van der Waals surface area contributed by atoms with Crippen LogP contribution in [0.15, 0.2) is 24.4 Å². The Morgan fingerprint density at radius 3 is 2.80 bits per heavy atom. The minimum Gasteiger partial charge on any atom is -0.481 e. The van der Waals surface area contributed by atoms with Gasteiger partial charge >= 0.3 is 12.0 Å². The summed E-state index contributed by atoms with van der Waals surface area (Å²) in [6.07, 6.45) is 2.89. The summed E-state index contributed by atoms with van der Waals surface area (Å²) >= 11 is 0. The maximum absolute atomic E-state index is 11.9. The molecule has 0 aliphatic heterocycles. The highest BCUT2D eigenvalue weighted by molar-refractivity contribution is 5.74. The molecule has 1 unspecified atom stereocenters. The number of carbonyl (C=O) groups is 2. The van der Waals surface area contributed by atoms with Crippen molar-refractivity contribution in [1.29, 1.82) is 0 Å². The predicted octanol–water partition coefficient (Wildman–Crippen LogP) is 1.52. The second kappa shape index (κ2) is 8.14. The number of pyridine rings is 1. The Hall–Kier alpha value is -2.11. The lowest BCUT2D eigenvalue weighted by Gasteiger charge is -2.21. The van der Waals surface area contributed by atoms with Crippen molar-refractivity contribution in [3.63, 3.8) is 0 Å². The summed E-state index contributed by atoms with van der Waals surface area (Å²) in [6, 6.07) is 5.33. The first kappa shape index (κ1) is 15.9. The van der Waals surface area contributed by atoms with Crippen molar-refractivity contribution in [2.45, 2.75) is 32.2 Å². The van der Waals surface area contributed by atoms with Crippen LogP contribution in [0.1, 0.15) is 25.5 Å². The van der Waals surface area contributed by atoms with Gasteiger partial charge in [-0.2, -0.15) is 0 Å². The largest absolute Gasteiger partial charge is 0.481 e. The van der Waals surface area contributed by atoms with Crippen molar-refractivity contribution in [2.75, 3.05) is 13.6 Å². The minimum absolute atomic E-state index is 0.0547. The maximum Gasteiger partial charge on any atom is 0.317 e. The van der Waals surface area contributed by atoms with Crippen molar-refractivity contribution in [2.24, 2.45) is 0 Å². The number of aromatic nitrogens is 1. The Balaban J connectivity index is 2.30. The van der Waals surface area contributed by atoms with E-state index in [1.807, 2.05) is 18.2 Å². The summed E-state index contributed by atoms with van der Waals surface area (Å²) in [5.74, 6) is -0.852. The van der Waals surface area contributed by atoms with Crippen LogP contribution in [0.2, 0.25) is 0 Å². The summed E-state index contributed by atoms with van der Waals surface area (Å²) in [6.45, 7) is 2.36. The molecule has 6 heteroatoms. The van der Waals surface area contributed by atoms with Gasteiger partial charge in [0.25, 0.3) is 0 Å². The number of nitrogens with one attached hydrogen (secondary N) is 1. The first-order valence-corrected chi connectivity index (χ1v) is 6.62. The van der Waals surface area contributed by atoms with Crippen LogP contribution in [0.4, 0.5) is 4.79 Å². The van der Waals surface area contributed by atoms with Gasteiger partial charge in [-0.3, -0.25) is 9.78 Å². The number of carboxylic acids is 1. The zero-order chi connectivity index (χ0) is 15.0. The van der Waals surface area contributed by atoms with Crippen molar-refractivity contribution in [3.8, 4) is 0 Å². The molecule has 0 saturated carbocycles. The van der Waals surface area contributed by atoms with Crippen molar-refractivity contribution in [1.82, 2.24) is 15.2 Å². The maximum atomic E-state index is 11.9. The molecule has 0 aliphatic carbocycles. The fourth-order valence-electron chi connectivity index (χ4n) is 1.66. The van der Waals surface area contributed by atoms with Crippen LogP contribution >= 0.6 is 0 Å². The smallest absolute Gasteiger partial charge is 0.317 e. The molecule has 2 amide bonds. The Morgan fingerprint density at radius 1 is 1.45 bits per heavy atom. The number of carboxylic acid groups (broad SMARTS) is 1. The molecule has 1 rings (SSSR count). The Kier molecular flexibility index (Phi) is 6.49. The van der Waals surface area contributed by atoms with E-state index in [0.717, 1.165) is 5.69 Å². The van der Waals surface area contributed by atoms with E-state index in [2.05, 4.69) is 10.3 Å².